The molecule has 0 aromatic carbocycles. The van der Waals surface area contributed by atoms with E-state index in [4.69, 9.17) is 4.74 Å². The second kappa shape index (κ2) is 13.9. The first-order chi connectivity index (χ1) is 20.5. The highest BCUT2D eigenvalue weighted by molar-refractivity contribution is 5.94. The number of H-pyrrole nitrogens is 2. The van der Waals surface area contributed by atoms with Crippen LogP contribution in [0.4, 0.5) is 15.5 Å². The van der Waals surface area contributed by atoms with Crippen molar-refractivity contribution in [3.8, 4) is 0 Å². The van der Waals surface area contributed by atoms with Crippen LogP contribution in [0.15, 0.2) is 12.4 Å². The molecule has 4 heterocycles. The molecule has 1 unspecified atom stereocenters. The number of hydrogen-bond donors (Lipinski definition) is 5. The van der Waals surface area contributed by atoms with Gasteiger partial charge in [0.15, 0.2) is 5.78 Å². The average molecular weight is 601 g/mol. The minimum atomic E-state index is -1.22. The smallest absolute Gasteiger partial charge is 0.407 e. The summed E-state index contributed by atoms with van der Waals surface area (Å²) in [6, 6.07) is -2.09. The highest BCUT2D eigenvalue weighted by Gasteiger charge is 2.39. The third-order valence-electron chi connectivity index (χ3n) is 8.28. The lowest BCUT2D eigenvalue weighted by molar-refractivity contribution is -0.135. The minimum absolute atomic E-state index is 0.0567. The largest absolute Gasteiger partial charge is 0.465 e. The van der Waals surface area contributed by atoms with Crippen molar-refractivity contribution in [2.24, 2.45) is 11.8 Å². The number of methoxy groups -OCH3 is 1. The van der Waals surface area contributed by atoms with E-state index in [1.165, 1.54) is 7.11 Å². The van der Waals surface area contributed by atoms with Crippen molar-refractivity contribution in [1.82, 2.24) is 35.5 Å². The van der Waals surface area contributed by atoms with E-state index in [1.807, 2.05) is 32.6 Å². The fourth-order valence-electron chi connectivity index (χ4n) is 5.98. The van der Waals surface area contributed by atoms with Gasteiger partial charge in [-0.2, -0.15) is 0 Å². The Labute approximate surface area is 251 Å². The number of carbonyl (C=O) groups excluding carboxylic acids is 3. The Bertz CT molecular complexity index is 1290. The molecule has 2 aromatic heterocycles. The van der Waals surface area contributed by atoms with Crippen molar-refractivity contribution in [2.75, 3.05) is 25.1 Å². The summed E-state index contributed by atoms with van der Waals surface area (Å²) < 4.78 is 4.72. The molecule has 3 amide bonds. The number of rotatable bonds is 12. The number of ketones is 1. The Hall–Kier alpha value is -4.10. The van der Waals surface area contributed by atoms with Gasteiger partial charge in [0.1, 0.15) is 11.9 Å². The number of aromatic amines is 2. The third-order valence-corrected chi connectivity index (χ3v) is 8.28. The lowest BCUT2D eigenvalue weighted by atomic mass is 9.94. The molecule has 0 bridgehead atoms. The number of nitrogens with zero attached hydrogens (tertiary/aromatic N) is 4. The zero-order valence-electron chi connectivity index (χ0n) is 25.6. The highest BCUT2D eigenvalue weighted by Crippen LogP contribution is 2.32. The van der Waals surface area contributed by atoms with Crippen molar-refractivity contribution in [3.63, 3.8) is 0 Å². The molecule has 0 saturated carbocycles. The number of likely N-dealkylation sites (tertiary alicyclic amines) is 1. The molecule has 2 fully saturated rings. The average Bonchev–Trinajstić information content (AvgIpc) is 3.77. The van der Waals surface area contributed by atoms with E-state index in [0.717, 1.165) is 30.7 Å². The van der Waals surface area contributed by atoms with Gasteiger partial charge >= 0.3 is 12.2 Å². The summed E-state index contributed by atoms with van der Waals surface area (Å²) in [5.41, 5.74) is 1.83. The van der Waals surface area contributed by atoms with Crippen LogP contribution >= 0.6 is 0 Å². The highest BCUT2D eigenvalue weighted by atomic mass is 16.5. The van der Waals surface area contributed by atoms with Gasteiger partial charge < -0.3 is 40.2 Å². The SMILES string of the molecule is COC(=O)N[C@H](C(=O)C1CCCN1c1ncc(CCc2cnc([C@@H]3CCCN3C(=O)[C@@H](NC(=O)O)C(C)C)[nH]2)[nH]1)C(C)C. The summed E-state index contributed by atoms with van der Waals surface area (Å²) in [5.74, 6) is 0.765. The number of carboxylic acid groups (broad SMARTS) is 1. The maximum atomic E-state index is 13.4. The predicted molar refractivity (Wildman–Crippen MR) is 158 cm³/mol. The lowest BCUT2D eigenvalue weighted by Crippen LogP contribution is -2.52. The number of ether oxygens (including phenoxy) is 1. The number of hydrogen-bond acceptors (Lipinski definition) is 8. The van der Waals surface area contributed by atoms with E-state index in [-0.39, 0.29) is 29.6 Å². The monoisotopic (exact) mass is 600 g/mol. The number of alkyl carbamates (subject to hydrolysis) is 1. The van der Waals surface area contributed by atoms with Crippen LogP contribution in [-0.4, -0.2) is 92.1 Å². The second-order valence-electron chi connectivity index (χ2n) is 12.0. The third kappa shape index (κ3) is 7.46. The minimum Gasteiger partial charge on any atom is -0.465 e. The van der Waals surface area contributed by atoms with E-state index in [1.54, 1.807) is 17.3 Å². The first-order valence-electron chi connectivity index (χ1n) is 15.0. The standard InChI is InChI=1S/C29H44N8O6/c1-16(2)22(35-29(42)43-5)24(38)20-8-6-13-37(20)27-31-15-19(33-27)11-10-18-14-30-25(32-18)21-9-7-12-36(21)26(39)23(17(3)4)34-28(40)41/h14-17,20-23,34H,6-13H2,1-5H3,(H,30,32)(H,31,33)(H,35,42)(H,40,41)/t20?,21-,22-,23-/m0/s1. The van der Waals surface area contributed by atoms with Crippen molar-refractivity contribution < 1.29 is 29.0 Å². The Balaban J connectivity index is 1.38. The molecule has 0 radical (unpaired) electrons. The van der Waals surface area contributed by atoms with Crippen LogP contribution in [0.1, 0.15) is 76.6 Å². The molecular weight excluding hydrogens is 556 g/mol. The first-order valence-corrected chi connectivity index (χ1v) is 15.0. The zero-order chi connectivity index (χ0) is 31.3. The van der Waals surface area contributed by atoms with Crippen molar-refractivity contribution >= 4 is 29.8 Å². The fourth-order valence-corrected chi connectivity index (χ4v) is 5.98. The first kappa shape index (κ1) is 31.8. The predicted octanol–water partition coefficient (Wildman–Crippen LogP) is 2.79. The van der Waals surface area contributed by atoms with Gasteiger partial charge in [-0.25, -0.2) is 19.6 Å². The Morgan fingerprint density at radius 2 is 1.60 bits per heavy atom. The van der Waals surface area contributed by atoms with Crippen LogP contribution < -0.4 is 15.5 Å². The molecule has 2 aliphatic heterocycles. The lowest BCUT2D eigenvalue weighted by Gasteiger charge is -2.29. The maximum Gasteiger partial charge on any atom is 0.407 e. The van der Waals surface area contributed by atoms with Gasteiger partial charge in [0, 0.05) is 30.7 Å². The number of imidazole rings is 2. The topological polar surface area (TPSA) is 186 Å². The maximum absolute atomic E-state index is 13.4. The van der Waals surface area contributed by atoms with E-state index < -0.39 is 30.3 Å². The molecule has 2 aliphatic rings. The van der Waals surface area contributed by atoms with Gasteiger partial charge in [-0.3, -0.25) is 9.59 Å². The molecule has 5 N–H and O–H groups in total. The van der Waals surface area contributed by atoms with Gasteiger partial charge in [-0.15, -0.1) is 0 Å². The molecule has 0 aliphatic carbocycles. The van der Waals surface area contributed by atoms with Crippen LogP contribution in [0.25, 0.3) is 0 Å². The van der Waals surface area contributed by atoms with Crippen LogP contribution in [0, 0.1) is 11.8 Å². The molecule has 14 nitrogen and oxygen atoms in total. The molecule has 4 rings (SSSR count). The number of amides is 3. The molecule has 2 aromatic rings. The molecule has 0 spiro atoms. The second-order valence-corrected chi connectivity index (χ2v) is 12.0. The molecule has 14 heteroatoms. The molecule has 4 atom stereocenters. The van der Waals surface area contributed by atoms with E-state index in [2.05, 4.69) is 30.6 Å². The van der Waals surface area contributed by atoms with Gasteiger partial charge in [0.05, 0.1) is 31.4 Å². The van der Waals surface area contributed by atoms with Crippen molar-refractivity contribution in [1.29, 1.82) is 0 Å². The van der Waals surface area contributed by atoms with E-state index >= 15 is 0 Å². The Morgan fingerprint density at radius 1 is 0.953 bits per heavy atom. The number of Topliss-reactive ketones (excluding diaryl/α,β-unsaturated/α-hetero) is 1. The summed E-state index contributed by atoms with van der Waals surface area (Å²) >= 11 is 0. The molecular formula is C29H44N8O6. The molecule has 236 valence electrons. The van der Waals surface area contributed by atoms with Crippen LogP contribution in [-0.2, 0) is 27.2 Å². The van der Waals surface area contributed by atoms with Gasteiger partial charge in [0.25, 0.3) is 0 Å². The van der Waals surface area contributed by atoms with Gasteiger partial charge in [-0.05, 0) is 50.4 Å². The molecule has 2 saturated heterocycles. The number of aromatic nitrogens is 4. The van der Waals surface area contributed by atoms with Crippen LogP contribution in [0.5, 0.6) is 0 Å². The summed E-state index contributed by atoms with van der Waals surface area (Å²) in [6.45, 7) is 8.67. The Kier molecular flexibility index (Phi) is 10.3. The normalized spacial score (nSPS) is 20.0. The summed E-state index contributed by atoms with van der Waals surface area (Å²) in [7, 11) is 1.28. The zero-order valence-corrected chi connectivity index (χ0v) is 25.6. The fraction of sp³-hybridized carbons (Fsp3) is 0.655. The van der Waals surface area contributed by atoms with E-state index in [9.17, 15) is 24.3 Å². The quantitative estimate of drug-likeness (QED) is 0.244. The van der Waals surface area contributed by atoms with Crippen molar-refractivity contribution in [3.05, 3.63) is 29.6 Å². The number of carbonyl (C=O) groups is 4. The summed E-state index contributed by atoms with van der Waals surface area (Å²) in [5, 5.41) is 14.2. The van der Waals surface area contributed by atoms with Gasteiger partial charge in [-0.1, -0.05) is 27.7 Å². The summed E-state index contributed by atoms with van der Waals surface area (Å²) in [4.78, 5) is 69.3. The Morgan fingerprint density at radius 3 is 2.26 bits per heavy atom. The molecule has 43 heavy (non-hydrogen) atoms. The van der Waals surface area contributed by atoms with Crippen molar-refractivity contribution in [2.45, 2.75) is 90.4 Å². The summed E-state index contributed by atoms with van der Waals surface area (Å²) in [6.07, 6.45) is 6.13. The number of nitrogens with one attached hydrogen (secondary N) is 4. The van der Waals surface area contributed by atoms with E-state index in [0.29, 0.717) is 44.1 Å². The van der Waals surface area contributed by atoms with Crippen LogP contribution in [0.3, 0.4) is 0 Å². The van der Waals surface area contributed by atoms with Gasteiger partial charge in [0.2, 0.25) is 11.9 Å². The number of aryl methyl sites for hydroxylation is 2. The van der Waals surface area contributed by atoms with Crippen LogP contribution in [0.2, 0.25) is 0 Å². The number of anilines is 1.